The molecular weight excluding hydrogens is 572 g/mol. The zero-order valence-electron chi connectivity index (χ0n) is 24.6. The molecule has 2 N–H and O–H groups in total. The molecule has 0 aromatic heterocycles. The topological polar surface area (TPSA) is 124 Å². The molecule has 0 saturated carbocycles. The van der Waals surface area contributed by atoms with Crippen LogP contribution in [0.1, 0.15) is 56.9 Å². The number of carbonyl (C=O) groups excluding carboxylic acids is 1. The number of fused-ring (bicyclic) bond motifs is 3. The van der Waals surface area contributed by atoms with Crippen molar-refractivity contribution in [1.82, 2.24) is 9.62 Å². The van der Waals surface area contributed by atoms with E-state index in [9.17, 15) is 18.3 Å². The molecule has 2 aromatic carbocycles. The molecular formula is C32H44N2O8S. The molecule has 3 heterocycles. The van der Waals surface area contributed by atoms with Gasteiger partial charge in [0, 0.05) is 19.2 Å². The normalized spacial score (nSPS) is 26.2. The number of benzene rings is 2. The Bertz CT molecular complexity index is 1280. The second-order valence-electron chi connectivity index (χ2n) is 11.6. The van der Waals surface area contributed by atoms with Crippen LogP contribution < -0.4 is 10.1 Å². The van der Waals surface area contributed by atoms with E-state index in [0.29, 0.717) is 31.8 Å². The van der Waals surface area contributed by atoms with Crippen molar-refractivity contribution in [3.8, 4) is 5.75 Å². The van der Waals surface area contributed by atoms with E-state index in [4.69, 9.17) is 18.9 Å². The van der Waals surface area contributed by atoms with Crippen molar-refractivity contribution in [3.63, 3.8) is 0 Å². The number of sulfonamides is 1. The van der Waals surface area contributed by atoms with Gasteiger partial charge in [-0.05, 0) is 43.4 Å². The summed E-state index contributed by atoms with van der Waals surface area (Å²) in [5.74, 6) is 0.488. The highest BCUT2D eigenvalue weighted by molar-refractivity contribution is 7.89. The molecule has 2 bridgehead atoms. The monoisotopic (exact) mass is 616 g/mol. The molecule has 3 aliphatic heterocycles. The predicted molar refractivity (Wildman–Crippen MR) is 160 cm³/mol. The Labute approximate surface area is 254 Å². The van der Waals surface area contributed by atoms with Crippen molar-refractivity contribution in [2.24, 2.45) is 5.92 Å². The van der Waals surface area contributed by atoms with E-state index in [1.807, 2.05) is 30.3 Å². The average molecular weight is 617 g/mol. The molecule has 2 saturated heterocycles. The zero-order valence-corrected chi connectivity index (χ0v) is 25.5. The molecule has 0 radical (unpaired) electrons. The van der Waals surface area contributed by atoms with Crippen LogP contribution in [0.15, 0.2) is 59.5 Å². The number of nitrogens with one attached hydrogen (secondary N) is 1. The van der Waals surface area contributed by atoms with E-state index < -0.39 is 34.4 Å². The maximum atomic E-state index is 13.9. The highest BCUT2D eigenvalue weighted by Gasteiger charge is 2.44. The minimum atomic E-state index is -3.96. The van der Waals surface area contributed by atoms with Gasteiger partial charge in [0.15, 0.2) is 6.29 Å². The fourth-order valence-corrected chi connectivity index (χ4v) is 7.54. The Morgan fingerprint density at radius 3 is 2.56 bits per heavy atom. The fourth-order valence-electron chi connectivity index (χ4n) is 6.00. The molecule has 1 unspecified atom stereocenters. The number of aliphatic hydroxyl groups is 1. The summed E-state index contributed by atoms with van der Waals surface area (Å²) in [6.07, 6.45) is 5.18. The number of rotatable bonds is 7. The summed E-state index contributed by atoms with van der Waals surface area (Å²) < 4.78 is 51.9. The van der Waals surface area contributed by atoms with Gasteiger partial charge in [0.1, 0.15) is 11.9 Å². The highest BCUT2D eigenvalue weighted by atomic mass is 32.2. The minimum absolute atomic E-state index is 0.0201. The van der Waals surface area contributed by atoms with E-state index in [1.54, 1.807) is 24.3 Å². The van der Waals surface area contributed by atoms with Crippen LogP contribution in [-0.4, -0.2) is 81.4 Å². The van der Waals surface area contributed by atoms with Gasteiger partial charge < -0.3 is 29.4 Å². The Morgan fingerprint density at radius 1 is 0.977 bits per heavy atom. The summed E-state index contributed by atoms with van der Waals surface area (Å²) in [4.78, 5) is 13.2. The largest absolute Gasteiger partial charge is 0.494 e. The number of amides is 1. The summed E-state index contributed by atoms with van der Waals surface area (Å²) in [7, 11) is -3.96. The standard InChI is InChI=1S/C32H44N2O8S/c35-29(22-34-17-9-4-2-1-3-5-10-18-39-25-14-11-15-26(21-25)43(34,37)38)28(20-24-12-7-6-8-13-24)33-32(36)42-30-23-41-31-27(30)16-19-40-31/h6-8,11-15,21,27-31,35H,1-5,9-10,16-20,22-23H2,(H,33,36)/t27?,28-,29+,30-,31+/m0/s1. The highest BCUT2D eigenvalue weighted by Crippen LogP contribution is 2.33. The van der Waals surface area contributed by atoms with Crippen molar-refractivity contribution in [3.05, 3.63) is 60.2 Å². The predicted octanol–water partition coefficient (Wildman–Crippen LogP) is 4.26. The van der Waals surface area contributed by atoms with Gasteiger partial charge in [0.25, 0.3) is 0 Å². The lowest BCUT2D eigenvalue weighted by atomic mass is 10.0. The third-order valence-electron chi connectivity index (χ3n) is 8.46. The second-order valence-corrected chi connectivity index (χ2v) is 13.6. The van der Waals surface area contributed by atoms with Gasteiger partial charge in [-0.2, -0.15) is 4.31 Å². The van der Waals surface area contributed by atoms with E-state index in [-0.39, 0.29) is 36.8 Å². The zero-order chi connectivity index (χ0) is 30.1. The molecule has 10 nitrogen and oxygen atoms in total. The van der Waals surface area contributed by atoms with Gasteiger partial charge in [-0.25, -0.2) is 13.2 Å². The van der Waals surface area contributed by atoms with Crippen LogP contribution >= 0.6 is 0 Å². The summed E-state index contributed by atoms with van der Waals surface area (Å²) in [5, 5.41) is 14.4. The number of alkyl carbamates (subject to hydrolysis) is 1. The molecule has 2 fully saturated rings. The Balaban J connectivity index is 1.33. The van der Waals surface area contributed by atoms with Gasteiger partial charge in [0.05, 0.1) is 42.8 Å². The van der Waals surface area contributed by atoms with Crippen LogP contribution in [-0.2, 0) is 30.7 Å². The smallest absolute Gasteiger partial charge is 0.407 e. The van der Waals surface area contributed by atoms with Gasteiger partial charge in [-0.1, -0.05) is 68.5 Å². The van der Waals surface area contributed by atoms with Crippen LogP contribution in [0.5, 0.6) is 5.75 Å². The van der Waals surface area contributed by atoms with Gasteiger partial charge in [0.2, 0.25) is 10.0 Å². The maximum Gasteiger partial charge on any atom is 0.407 e. The lowest BCUT2D eigenvalue weighted by molar-refractivity contribution is -0.0907. The molecule has 2 aromatic rings. The first kappa shape index (κ1) is 31.7. The SMILES string of the molecule is O=C(N[C@@H](Cc1ccccc1)[C@H](O)CN1CCCCCCCCCOc2cccc(c2)S1(=O)=O)O[C@H]1CO[C@H]2OCCC21. The van der Waals surface area contributed by atoms with Crippen LogP contribution in [0.4, 0.5) is 4.79 Å². The molecule has 11 heteroatoms. The Hall–Kier alpha value is -2.70. The number of carbonyl (C=O) groups is 1. The lowest BCUT2D eigenvalue weighted by Gasteiger charge is -2.30. The van der Waals surface area contributed by atoms with Gasteiger partial charge in [-0.15, -0.1) is 0 Å². The third-order valence-corrected chi connectivity index (χ3v) is 10.3. The third kappa shape index (κ3) is 8.69. The summed E-state index contributed by atoms with van der Waals surface area (Å²) >= 11 is 0. The van der Waals surface area contributed by atoms with Crippen molar-refractivity contribution in [2.45, 2.75) is 87.2 Å². The number of aliphatic hydroxyl groups excluding tert-OH is 1. The molecule has 0 aliphatic carbocycles. The molecule has 236 valence electrons. The van der Waals surface area contributed by atoms with Crippen LogP contribution in [0.2, 0.25) is 0 Å². The maximum absolute atomic E-state index is 13.9. The Morgan fingerprint density at radius 2 is 1.74 bits per heavy atom. The number of hydrogen-bond donors (Lipinski definition) is 2. The first-order chi connectivity index (χ1) is 20.9. The Kier molecular flexibility index (Phi) is 11.3. The van der Waals surface area contributed by atoms with Crippen LogP contribution in [0, 0.1) is 5.92 Å². The van der Waals surface area contributed by atoms with E-state index in [2.05, 4.69) is 5.32 Å². The van der Waals surface area contributed by atoms with Crippen LogP contribution in [0.25, 0.3) is 0 Å². The molecule has 3 aliphatic rings. The molecule has 5 rings (SSSR count). The first-order valence-electron chi connectivity index (χ1n) is 15.6. The quantitative estimate of drug-likeness (QED) is 0.473. The number of nitrogens with zero attached hydrogens (tertiary/aromatic N) is 1. The lowest BCUT2D eigenvalue weighted by Crippen LogP contribution is -2.51. The number of β-amino-alcohol motifs (C(OH)–C–C–N with tert-alkyl or cyclic N) is 1. The van der Waals surface area contributed by atoms with Gasteiger partial charge >= 0.3 is 6.09 Å². The number of ether oxygens (including phenoxy) is 4. The van der Waals surface area contributed by atoms with Crippen molar-refractivity contribution >= 4 is 16.1 Å². The van der Waals surface area contributed by atoms with Crippen LogP contribution in [0.3, 0.4) is 0 Å². The molecule has 0 spiro atoms. The minimum Gasteiger partial charge on any atom is -0.494 e. The van der Waals surface area contributed by atoms with Crippen molar-refractivity contribution in [1.29, 1.82) is 0 Å². The molecule has 5 atom stereocenters. The number of hydrogen-bond acceptors (Lipinski definition) is 8. The summed E-state index contributed by atoms with van der Waals surface area (Å²) in [6.45, 7) is 1.43. The summed E-state index contributed by atoms with van der Waals surface area (Å²) in [6, 6.07) is 15.2. The van der Waals surface area contributed by atoms with E-state index >= 15 is 0 Å². The first-order valence-corrected chi connectivity index (χ1v) is 17.0. The molecule has 43 heavy (non-hydrogen) atoms. The second kappa shape index (κ2) is 15.3. The fraction of sp³-hybridized carbons (Fsp3) is 0.594. The van der Waals surface area contributed by atoms with Crippen molar-refractivity contribution in [2.75, 3.05) is 32.9 Å². The van der Waals surface area contributed by atoms with Crippen molar-refractivity contribution < 1.29 is 37.3 Å². The van der Waals surface area contributed by atoms with E-state index in [1.165, 1.54) is 4.31 Å². The summed E-state index contributed by atoms with van der Waals surface area (Å²) in [5.41, 5.74) is 0.894. The average Bonchev–Trinajstić information content (AvgIpc) is 3.62. The van der Waals surface area contributed by atoms with Gasteiger partial charge in [-0.3, -0.25) is 0 Å². The molecule has 1 amide bonds. The van der Waals surface area contributed by atoms with E-state index in [0.717, 1.165) is 50.5 Å².